The quantitative estimate of drug-likeness (QED) is 0.905. The van der Waals surface area contributed by atoms with Gasteiger partial charge in [-0.1, -0.05) is 0 Å². The van der Waals surface area contributed by atoms with Crippen molar-refractivity contribution in [3.8, 4) is 0 Å². The molecule has 0 bridgehead atoms. The summed E-state index contributed by atoms with van der Waals surface area (Å²) in [6, 6.07) is 4.75. The van der Waals surface area contributed by atoms with Gasteiger partial charge in [0.25, 0.3) is 0 Å². The highest BCUT2D eigenvalue weighted by Gasteiger charge is 2.12. The Morgan fingerprint density at radius 1 is 1.24 bits per heavy atom. The molecule has 0 saturated carbocycles. The summed E-state index contributed by atoms with van der Waals surface area (Å²) in [4.78, 5) is 8.60. The Balaban J connectivity index is 1.97. The van der Waals surface area contributed by atoms with Crippen LogP contribution >= 0.6 is 22.7 Å². The third-order valence-electron chi connectivity index (χ3n) is 2.71. The van der Waals surface area contributed by atoms with E-state index in [9.17, 15) is 0 Å². The summed E-state index contributed by atoms with van der Waals surface area (Å²) in [5, 5.41) is 4.71. The van der Waals surface area contributed by atoms with Gasteiger partial charge in [-0.3, -0.25) is 0 Å². The molecular weight excluding hydrogens is 248 g/mol. The minimum absolute atomic E-state index is 0.378. The number of nitrogens with zero attached hydrogens (tertiary/aromatic N) is 1. The molecule has 0 aliphatic rings. The highest BCUT2D eigenvalue weighted by Crippen LogP contribution is 2.25. The molecule has 2 aromatic heterocycles. The topological polar surface area (TPSA) is 24.9 Å². The van der Waals surface area contributed by atoms with E-state index >= 15 is 0 Å². The van der Waals surface area contributed by atoms with Crippen LogP contribution in [0.3, 0.4) is 0 Å². The van der Waals surface area contributed by atoms with E-state index in [1.165, 1.54) is 14.6 Å². The van der Waals surface area contributed by atoms with E-state index in [1.807, 2.05) is 11.3 Å². The molecular formula is C13H18N2S2. The van der Waals surface area contributed by atoms with E-state index in [1.54, 1.807) is 11.3 Å². The van der Waals surface area contributed by atoms with Gasteiger partial charge in [0.2, 0.25) is 0 Å². The van der Waals surface area contributed by atoms with Crippen LogP contribution in [0.25, 0.3) is 0 Å². The second-order valence-electron chi connectivity index (χ2n) is 4.30. The van der Waals surface area contributed by atoms with Crippen LogP contribution in [0.1, 0.15) is 38.3 Å². The molecule has 0 aliphatic carbocycles. The van der Waals surface area contributed by atoms with E-state index in [0.717, 1.165) is 17.2 Å². The molecule has 2 aromatic rings. The highest BCUT2D eigenvalue weighted by molar-refractivity contribution is 7.12. The van der Waals surface area contributed by atoms with Crippen molar-refractivity contribution in [2.24, 2.45) is 0 Å². The second kappa shape index (κ2) is 5.29. The van der Waals surface area contributed by atoms with Crippen LogP contribution in [0, 0.1) is 20.8 Å². The van der Waals surface area contributed by atoms with Crippen molar-refractivity contribution >= 4 is 22.7 Å². The van der Waals surface area contributed by atoms with Crippen molar-refractivity contribution < 1.29 is 0 Å². The summed E-state index contributed by atoms with van der Waals surface area (Å²) in [5.74, 6) is 0. The van der Waals surface area contributed by atoms with Gasteiger partial charge in [0.1, 0.15) is 0 Å². The van der Waals surface area contributed by atoms with Crippen molar-refractivity contribution in [1.82, 2.24) is 10.3 Å². The second-order valence-corrected chi connectivity index (χ2v) is 6.90. The molecule has 0 saturated heterocycles. The van der Waals surface area contributed by atoms with E-state index in [0.29, 0.717) is 6.04 Å². The van der Waals surface area contributed by atoms with Crippen molar-refractivity contribution in [3.63, 3.8) is 0 Å². The predicted octanol–water partition coefficient (Wildman–Crippen LogP) is 3.98. The minimum Gasteiger partial charge on any atom is -0.304 e. The SMILES string of the molecule is Cc1ccc(CNC(C)c2sc(C)nc2C)s1. The Hall–Kier alpha value is -0.710. The maximum Gasteiger partial charge on any atom is 0.0900 e. The van der Waals surface area contributed by atoms with Crippen molar-refractivity contribution in [1.29, 1.82) is 0 Å². The Kier molecular flexibility index (Phi) is 3.97. The van der Waals surface area contributed by atoms with Crippen LogP contribution in [0.4, 0.5) is 0 Å². The van der Waals surface area contributed by atoms with E-state index in [-0.39, 0.29) is 0 Å². The summed E-state index contributed by atoms with van der Waals surface area (Å²) >= 11 is 3.65. The number of thiophene rings is 1. The van der Waals surface area contributed by atoms with Gasteiger partial charge in [0, 0.05) is 27.2 Å². The zero-order valence-corrected chi connectivity index (χ0v) is 12.3. The van der Waals surface area contributed by atoms with E-state index in [2.05, 4.69) is 50.1 Å². The smallest absolute Gasteiger partial charge is 0.0900 e. The van der Waals surface area contributed by atoms with Gasteiger partial charge in [0.15, 0.2) is 0 Å². The summed E-state index contributed by atoms with van der Waals surface area (Å²) in [6.45, 7) is 9.45. The number of thiazole rings is 1. The lowest BCUT2D eigenvalue weighted by atomic mass is 10.2. The number of aromatic nitrogens is 1. The van der Waals surface area contributed by atoms with Crippen molar-refractivity contribution in [2.75, 3.05) is 0 Å². The summed E-state index contributed by atoms with van der Waals surface area (Å²) in [5.41, 5.74) is 1.16. The molecule has 4 heteroatoms. The lowest BCUT2D eigenvalue weighted by Crippen LogP contribution is -2.17. The minimum atomic E-state index is 0.378. The fourth-order valence-corrected chi connectivity index (χ4v) is 3.67. The van der Waals surface area contributed by atoms with E-state index < -0.39 is 0 Å². The van der Waals surface area contributed by atoms with Gasteiger partial charge in [-0.25, -0.2) is 4.98 Å². The molecule has 0 spiro atoms. The summed E-state index contributed by atoms with van der Waals surface area (Å²) in [6.07, 6.45) is 0. The Morgan fingerprint density at radius 3 is 2.53 bits per heavy atom. The third kappa shape index (κ3) is 3.15. The molecule has 17 heavy (non-hydrogen) atoms. The standard InChI is InChI=1S/C13H18N2S2/c1-8-5-6-12(16-8)7-14-9(2)13-10(3)15-11(4)17-13/h5-6,9,14H,7H2,1-4H3. The molecule has 0 aliphatic heterocycles. The molecule has 2 rings (SSSR count). The van der Waals surface area contributed by atoms with Crippen molar-refractivity contribution in [2.45, 2.75) is 40.3 Å². The summed E-state index contributed by atoms with van der Waals surface area (Å²) < 4.78 is 0. The number of aryl methyl sites for hydroxylation is 3. The molecule has 0 fully saturated rings. The lowest BCUT2D eigenvalue weighted by Gasteiger charge is -2.11. The molecule has 1 N–H and O–H groups in total. The number of rotatable bonds is 4. The molecule has 0 amide bonds. The maximum absolute atomic E-state index is 4.47. The average molecular weight is 266 g/mol. The Bertz CT molecular complexity index is 499. The van der Waals surface area contributed by atoms with Gasteiger partial charge in [-0.15, -0.1) is 22.7 Å². The number of hydrogen-bond donors (Lipinski definition) is 1. The largest absolute Gasteiger partial charge is 0.304 e. The van der Waals surface area contributed by atoms with Crippen LogP contribution in [0.2, 0.25) is 0 Å². The molecule has 0 radical (unpaired) electrons. The molecule has 0 aromatic carbocycles. The Labute approximate surface area is 111 Å². The molecule has 92 valence electrons. The zero-order chi connectivity index (χ0) is 12.4. The van der Waals surface area contributed by atoms with Crippen LogP contribution in [-0.2, 0) is 6.54 Å². The fourth-order valence-electron chi connectivity index (χ4n) is 1.88. The van der Waals surface area contributed by atoms with Gasteiger partial charge >= 0.3 is 0 Å². The molecule has 1 unspecified atom stereocenters. The predicted molar refractivity (Wildman–Crippen MR) is 75.9 cm³/mol. The number of nitrogens with one attached hydrogen (secondary N) is 1. The lowest BCUT2D eigenvalue weighted by molar-refractivity contribution is 0.584. The number of hydrogen-bond acceptors (Lipinski definition) is 4. The van der Waals surface area contributed by atoms with Gasteiger partial charge in [0.05, 0.1) is 10.7 Å². The van der Waals surface area contributed by atoms with Crippen LogP contribution in [-0.4, -0.2) is 4.98 Å². The van der Waals surface area contributed by atoms with E-state index in [4.69, 9.17) is 0 Å². The first-order chi connectivity index (χ1) is 8.06. The van der Waals surface area contributed by atoms with Crippen LogP contribution in [0.15, 0.2) is 12.1 Å². The molecule has 2 heterocycles. The van der Waals surface area contributed by atoms with Crippen LogP contribution < -0.4 is 5.32 Å². The van der Waals surface area contributed by atoms with Gasteiger partial charge < -0.3 is 5.32 Å². The fraction of sp³-hybridized carbons (Fsp3) is 0.462. The molecule has 2 nitrogen and oxygen atoms in total. The summed E-state index contributed by atoms with van der Waals surface area (Å²) in [7, 11) is 0. The zero-order valence-electron chi connectivity index (χ0n) is 10.7. The highest BCUT2D eigenvalue weighted by atomic mass is 32.1. The third-order valence-corrected chi connectivity index (χ3v) is 4.97. The first-order valence-corrected chi connectivity index (χ1v) is 7.42. The average Bonchev–Trinajstić information content (AvgIpc) is 2.81. The normalized spacial score (nSPS) is 12.9. The monoisotopic (exact) mass is 266 g/mol. The molecule has 1 atom stereocenters. The first-order valence-electron chi connectivity index (χ1n) is 5.79. The van der Waals surface area contributed by atoms with Crippen molar-refractivity contribution in [3.05, 3.63) is 37.5 Å². The van der Waals surface area contributed by atoms with Gasteiger partial charge in [-0.2, -0.15) is 0 Å². The maximum atomic E-state index is 4.47. The Morgan fingerprint density at radius 2 is 2.00 bits per heavy atom. The first kappa shape index (κ1) is 12.7. The van der Waals surface area contributed by atoms with Gasteiger partial charge in [-0.05, 0) is 39.8 Å². The van der Waals surface area contributed by atoms with Crippen LogP contribution in [0.5, 0.6) is 0 Å².